The van der Waals surface area contributed by atoms with Crippen LogP contribution in [0.15, 0.2) is 0 Å². The Hall–Kier alpha value is -0.650. The summed E-state index contributed by atoms with van der Waals surface area (Å²) in [7, 11) is 3.76. The minimum atomic E-state index is 0.0830. The Bertz CT molecular complexity index is 218. The van der Waals surface area contributed by atoms with Gasteiger partial charge in [0.1, 0.15) is 6.61 Å². The average molecular weight is 243 g/mol. The maximum atomic E-state index is 11.7. The fourth-order valence-electron chi connectivity index (χ4n) is 1.88. The molecule has 1 aliphatic rings. The van der Waals surface area contributed by atoms with Gasteiger partial charge in [0.2, 0.25) is 5.91 Å². The van der Waals surface area contributed by atoms with Crippen LogP contribution in [0.2, 0.25) is 0 Å². The van der Waals surface area contributed by atoms with Crippen molar-refractivity contribution in [2.45, 2.75) is 25.4 Å². The zero-order chi connectivity index (χ0) is 12.5. The van der Waals surface area contributed by atoms with Crippen molar-refractivity contribution >= 4 is 5.91 Å². The summed E-state index contributed by atoms with van der Waals surface area (Å²) in [5, 5.41) is 6.35. The lowest BCUT2D eigenvalue weighted by Gasteiger charge is -2.24. The van der Waals surface area contributed by atoms with Crippen LogP contribution in [-0.2, 0) is 9.53 Å². The molecule has 0 aliphatic carbocycles. The standard InChI is InChI=1S/C12H25N3O2/c1-13-6-3-9-15(2)12(16)10-17-11-4-7-14-8-5-11/h11,13-14H,3-10H2,1-2H3. The number of rotatable bonds is 7. The molecule has 0 atom stereocenters. The molecule has 17 heavy (non-hydrogen) atoms. The molecule has 0 saturated carbocycles. The molecule has 5 nitrogen and oxygen atoms in total. The normalized spacial score (nSPS) is 17.1. The number of nitrogens with zero attached hydrogens (tertiary/aromatic N) is 1. The summed E-state index contributed by atoms with van der Waals surface area (Å²) in [6, 6.07) is 0. The maximum absolute atomic E-state index is 11.7. The molecule has 0 radical (unpaired) electrons. The summed E-state index contributed by atoms with van der Waals surface area (Å²) in [6.45, 7) is 3.94. The van der Waals surface area contributed by atoms with Crippen LogP contribution in [0, 0.1) is 0 Å². The largest absolute Gasteiger partial charge is 0.368 e. The highest BCUT2D eigenvalue weighted by atomic mass is 16.5. The molecule has 0 aromatic carbocycles. The Morgan fingerprint density at radius 2 is 2.18 bits per heavy atom. The number of carbonyl (C=O) groups is 1. The van der Waals surface area contributed by atoms with Crippen molar-refractivity contribution in [1.82, 2.24) is 15.5 Å². The second-order valence-electron chi connectivity index (χ2n) is 4.53. The first-order chi connectivity index (χ1) is 8.24. The van der Waals surface area contributed by atoms with E-state index in [1.54, 1.807) is 4.90 Å². The Morgan fingerprint density at radius 1 is 1.47 bits per heavy atom. The predicted molar refractivity (Wildman–Crippen MR) is 68.0 cm³/mol. The first-order valence-electron chi connectivity index (χ1n) is 6.45. The maximum Gasteiger partial charge on any atom is 0.248 e. The van der Waals surface area contributed by atoms with E-state index in [4.69, 9.17) is 4.74 Å². The third kappa shape index (κ3) is 6.00. The molecular formula is C12H25N3O2. The number of carbonyl (C=O) groups excluding carboxylic acids is 1. The van der Waals surface area contributed by atoms with Crippen molar-refractivity contribution in [3.63, 3.8) is 0 Å². The van der Waals surface area contributed by atoms with Crippen LogP contribution >= 0.6 is 0 Å². The number of ether oxygens (including phenoxy) is 1. The van der Waals surface area contributed by atoms with Gasteiger partial charge in [-0.2, -0.15) is 0 Å². The third-order valence-corrected chi connectivity index (χ3v) is 3.07. The first-order valence-corrected chi connectivity index (χ1v) is 6.45. The van der Waals surface area contributed by atoms with E-state index < -0.39 is 0 Å². The second kappa shape index (κ2) is 8.44. The molecule has 1 fully saturated rings. The zero-order valence-corrected chi connectivity index (χ0v) is 11.0. The molecule has 1 rings (SSSR count). The summed E-state index contributed by atoms with van der Waals surface area (Å²) < 4.78 is 5.63. The third-order valence-electron chi connectivity index (χ3n) is 3.07. The molecule has 100 valence electrons. The molecule has 5 heteroatoms. The summed E-state index contributed by atoms with van der Waals surface area (Å²) in [6.07, 6.45) is 3.26. The van der Waals surface area contributed by atoms with Gasteiger partial charge >= 0.3 is 0 Å². The predicted octanol–water partition coefficient (Wildman–Crippen LogP) is -0.177. The molecule has 2 N–H and O–H groups in total. The van der Waals surface area contributed by atoms with Gasteiger partial charge in [-0.3, -0.25) is 4.79 Å². The number of hydrogen-bond donors (Lipinski definition) is 2. The molecule has 0 unspecified atom stereocenters. The Kier molecular flexibility index (Phi) is 7.16. The van der Waals surface area contributed by atoms with Crippen molar-refractivity contribution < 1.29 is 9.53 Å². The minimum Gasteiger partial charge on any atom is -0.368 e. The van der Waals surface area contributed by atoms with Crippen LogP contribution in [0.25, 0.3) is 0 Å². The highest BCUT2D eigenvalue weighted by Crippen LogP contribution is 2.07. The summed E-state index contributed by atoms with van der Waals surface area (Å²) in [5.74, 6) is 0.0830. The van der Waals surface area contributed by atoms with E-state index in [2.05, 4.69) is 10.6 Å². The van der Waals surface area contributed by atoms with Crippen molar-refractivity contribution in [2.24, 2.45) is 0 Å². The summed E-state index contributed by atoms with van der Waals surface area (Å²) in [5.41, 5.74) is 0. The van der Waals surface area contributed by atoms with Crippen molar-refractivity contribution in [1.29, 1.82) is 0 Å². The van der Waals surface area contributed by atoms with Gasteiger partial charge in [-0.15, -0.1) is 0 Å². The van der Waals surface area contributed by atoms with E-state index in [9.17, 15) is 4.79 Å². The van der Waals surface area contributed by atoms with E-state index in [0.29, 0.717) is 0 Å². The van der Waals surface area contributed by atoms with Gasteiger partial charge in [0, 0.05) is 13.6 Å². The molecule has 1 aliphatic heterocycles. The highest BCUT2D eigenvalue weighted by Gasteiger charge is 2.16. The van der Waals surface area contributed by atoms with Crippen molar-refractivity contribution in [3.05, 3.63) is 0 Å². The molecule has 0 aromatic rings. The molecule has 1 amide bonds. The fraction of sp³-hybridized carbons (Fsp3) is 0.917. The monoisotopic (exact) mass is 243 g/mol. The van der Waals surface area contributed by atoms with E-state index >= 15 is 0 Å². The van der Waals surface area contributed by atoms with Gasteiger partial charge < -0.3 is 20.3 Å². The minimum absolute atomic E-state index is 0.0830. The van der Waals surface area contributed by atoms with E-state index in [1.807, 2.05) is 14.1 Å². The molecule has 1 heterocycles. The van der Waals surface area contributed by atoms with Gasteiger partial charge in [-0.25, -0.2) is 0 Å². The number of piperidine rings is 1. The number of nitrogens with one attached hydrogen (secondary N) is 2. The van der Waals surface area contributed by atoms with E-state index in [0.717, 1.165) is 45.4 Å². The lowest BCUT2D eigenvalue weighted by atomic mass is 10.1. The van der Waals surface area contributed by atoms with Gasteiger partial charge in [0.05, 0.1) is 6.10 Å². The van der Waals surface area contributed by atoms with Crippen LogP contribution in [0.5, 0.6) is 0 Å². The zero-order valence-electron chi connectivity index (χ0n) is 11.0. The lowest BCUT2D eigenvalue weighted by molar-refractivity contribution is -0.137. The average Bonchev–Trinajstić information content (AvgIpc) is 2.37. The van der Waals surface area contributed by atoms with Crippen LogP contribution < -0.4 is 10.6 Å². The summed E-state index contributed by atoms with van der Waals surface area (Å²) >= 11 is 0. The molecule has 1 saturated heterocycles. The van der Waals surface area contributed by atoms with Crippen molar-refractivity contribution in [2.75, 3.05) is 46.9 Å². The fourth-order valence-corrected chi connectivity index (χ4v) is 1.88. The first kappa shape index (κ1) is 14.4. The van der Waals surface area contributed by atoms with Crippen LogP contribution in [0.4, 0.5) is 0 Å². The Balaban J connectivity index is 2.10. The molecule has 0 spiro atoms. The van der Waals surface area contributed by atoms with Crippen molar-refractivity contribution in [3.8, 4) is 0 Å². The smallest absolute Gasteiger partial charge is 0.248 e. The number of hydrogen-bond acceptors (Lipinski definition) is 4. The van der Waals surface area contributed by atoms with Crippen LogP contribution in [0.3, 0.4) is 0 Å². The number of amides is 1. The van der Waals surface area contributed by atoms with Gasteiger partial charge in [0.25, 0.3) is 0 Å². The van der Waals surface area contributed by atoms with Gasteiger partial charge in [-0.05, 0) is 45.9 Å². The SMILES string of the molecule is CNCCCN(C)C(=O)COC1CCNCC1. The van der Waals surface area contributed by atoms with E-state index in [-0.39, 0.29) is 18.6 Å². The molecular weight excluding hydrogens is 218 g/mol. The van der Waals surface area contributed by atoms with Crippen LogP contribution in [-0.4, -0.2) is 63.8 Å². The lowest BCUT2D eigenvalue weighted by Crippen LogP contribution is -2.37. The molecule has 0 aromatic heterocycles. The number of likely N-dealkylation sites (N-methyl/N-ethyl adjacent to an activating group) is 1. The second-order valence-corrected chi connectivity index (χ2v) is 4.53. The van der Waals surface area contributed by atoms with Gasteiger partial charge in [0.15, 0.2) is 0 Å². The Labute approximate surface area is 104 Å². The highest BCUT2D eigenvalue weighted by molar-refractivity contribution is 5.77. The Morgan fingerprint density at radius 3 is 2.82 bits per heavy atom. The van der Waals surface area contributed by atoms with Gasteiger partial charge in [-0.1, -0.05) is 0 Å². The molecule has 0 bridgehead atoms. The topological polar surface area (TPSA) is 53.6 Å². The quantitative estimate of drug-likeness (QED) is 0.609. The van der Waals surface area contributed by atoms with E-state index in [1.165, 1.54) is 0 Å². The van der Waals surface area contributed by atoms with Crippen LogP contribution in [0.1, 0.15) is 19.3 Å². The summed E-state index contributed by atoms with van der Waals surface area (Å²) in [4.78, 5) is 13.5.